The molecule has 3 heterocycles. The van der Waals surface area contributed by atoms with Gasteiger partial charge >= 0.3 is 0 Å². The molecule has 6 heteroatoms. The van der Waals surface area contributed by atoms with Crippen molar-refractivity contribution in [3.63, 3.8) is 0 Å². The van der Waals surface area contributed by atoms with Gasteiger partial charge in [-0.2, -0.15) is 5.10 Å². The van der Waals surface area contributed by atoms with Gasteiger partial charge in [-0.3, -0.25) is 14.3 Å². The zero-order chi connectivity index (χ0) is 17.6. The third kappa shape index (κ3) is 2.52. The first-order valence-electron chi connectivity index (χ1n) is 8.81. The van der Waals surface area contributed by atoms with E-state index < -0.39 is 0 Å². The molecule has 0 saturated heterocycles. The van der Waals surface area contributed by atoms with Crippen LogP contribution >= 0.6 is 0 Å². The Bertz CT molecular complexity index is 842. The summed E-state index contributed by atoms with van der Waals surface area (Å²) < 4.78 is 1.95. The second-order valence-corrected chi connectivity index (χ2v) is 6.89. The van der Waals surface area contributed by atoms with Gasteiger partial charge in [0.15, 0.2) is 0 Å². The molecule has 4 rings (SSSR count). The SMILES string of the molecule is CC1CN(C(=O)c2cnn3c2CCCC3)c2ccccc2N(C)C1=O. The van der Waals surface area contributed by atoms with Crippen molar-refractivity contribution >= 4 is 23.2 Å². The maximum absolute atomic E-state index is 13.3. The van der Waals surface area contributed by atoms with E-state index >= 15 is 0 Å². The number of carbonyl (C=O) groups is 2. The van der Waals surface area contributed by atoms with Crippen LogP contribution < -0.4 is 9.80 Å². The van der Waals surface area contributed by atoms with Crippen LogP contribution in [0, 0.1) is 5.92 Å². The molecule has 1 aromatic heterocycles. The van der Waals surface area contributed by atoms with Crippen LogP contribution in [0.15, 0.2) is 30.5 Å². The minimum Gasteiger partial charge on any atom is -0.313 e. The number of rotatable bonds is 1. The third-order valence-electron chi connectivity index (χ3n) is 5.20. The molecule has 1 unspecified atom stereocenters. The molecule has 130 valence electrons. The fourth-order valence-corrected chi connectivity index (χ4v) is 3.81. The first kappa shape index (κ1) is 15.9. The number of fused-ring (bicyclic) bond motifs is 2. The standard InChI is InChI=1S/C19H22N4O2/c1-13-12-22(17-9-4-3-8-16(17)21(2)18(13)24)19(25)14-11-20-23-10-6-5-7-15(14)23/h3-4,8-9,11,13H,5-7,10,12H2,1-2H3. The van der Waals surface area contributed by atoms with Crippen LogP contribution in [0.2, 0.25) is 0 Å². The van der Waals surface area contributed by atoms with E-state index in [1.165, 1.54) is 0 Å². The van der Waals surface area contributed by atoms with E-state index in [9.17, 15) is 9.59 Å². The van der Waals surface area contributed by atoms with Crippen molar-refractivity contribution in [3.05, 3.63) is 41.7 Å². The number of amides is 2. The fraction of sp³-hybridized carbons (Fsp3) is 0.421. The van der Waals surface area contributed by atoms with Crippen molar-refractivity contribution in [2.24, 2.45) is 5.92 Å². The molecule has 0 fully saturated rings. The summed E-state index contributed by atoms with van der Waals surface area (Å²) >= 11 is 0. The molecular formula is C19H22N4O2. The van der Waals surface area contributed by atoms with Crippen LogP contribution in [0.5, 0.6) is 0 Å². The van der Waals surface area contributed by atoms with Crippen molar-refractivity contribution in [1.29, 1.82) is 0 Å². The van der Waals surface area contributed by atoms with E-state index in [-0.39, 0.29) is 17.7 Å². The Labute approximate surface area is 147 Å². The number of aryl methyl sites for hydroxylation is 1. The number of para-hydroxylation sites is 2. The highest BCUT2D eigenvalue weighted by molar-refractivity contribution is 6.11. The predicted molar refractivity (Wildman–Crippen MR) is 95.9 cm³/mol. The Morgan fingerprint density at radius 2 is 1.96 bits per heavy atom. The summed E-state index contributed by atoms with van der Waals surface area (Å²) in [5.74, 6) is -0.293. The quantitative estimate of drug-likeness (QED) is 0.803. The Morgan fingerprint density at radius 3 is 2.76 bits per heavy atom. The Balaban J connectivity index is 1.78. The Hall–Kier alpha value is -2.63. The molecule has 0 bridgehead atoms. The van der Waals surface area contributed by atoms with Crippen LogP contribution in [0.3, 0.4) is 0 Å². The van der Waals surface area contributed by atoms with E-state index in [0.29, 0.717) is 12.1 Å². The van der Waals surface area contributed by atoms with Gasteiger partial charge in [0.25, 0.3) is 5.91 Å². The summed E-state index contributed by atoms with van der Waals surface area (Å²) in [6.07, 6.45) is 4.75. The van der Waals surface area contributed by atoms with Crippen LogP contribution in [-0.2, 0) is 17.8 Å². The number of carbonyl (C=O) groups excluding carboxylic acids is 2. The summed E-state index contributed by atoms with van der Waals surface area (Å²) in [5, 5.41) is 4.39. The van der Waals surface area contributed by atoms with E-state index in [4.69, 9.17) is 0 Å². The number of hydrogen-bond acceptors (Lipinski definition) is 3. The smallest absolute Gasteiger partial charge is 0.261 e. The van der Waals surface area contributed by atoms with Crippen molar-refractivity contribution < 1.29 is 9.59 Å². The summed E-state index contributed by atoms with van der Waals surface area (Å²) in [5.41, 5.74) is 3.23. The summed E-state index contributed by atoms with van der Waals surface area (Å²) in [6, 6.07) is 7.59. The molecule has 0 N–H and O–H groups in total. The summed E-state index contributed by atoms with van der Waals surface area (Å²) in [4.78, 5) is 29.3. The number of hydrogen-bond donors (Lipinski definition) is 0. The lowest BCUT2D eigenvalue weighted by molar-refractivity contribution is -0.121. The highest BCUT2D eigenvalue weighted by Gasteiger charge is 2.33. The Kier molecular flexibility index (Phi) is 3.82. The van der Waals surface area contributed by atoms with Crippen molar-refractivity contribution in [1.82, 2.24) is 9.78 Å². The fourth-order valence-electron chi connectivity index (χ4n) is 3.81. The summed E-state index contributed by atoms with van der Waals surface area (Å²) in [7, 11) is 1.77. The van der Waals surface area contributed by atoms with Crippen molar-refractivity contribution in [2.75, 3.05) is 23.4 Å². The molecule has 2 aliphatic heterocycles. The maximum atomic E-state index is 13.3. The zero-order valence-corrected chi connectivity index (χ0v) is 14.6. The molecule has 1 aromatic carbocycles. The topological polar surface area (TPSA) is 58.4 Å². The number of nitrogens with zero attached hydrogens (tertiary/aromatic N) is 4. The molecular weight excluding hydrogens is 316 g/mol. The van der Waals surface area contributed by atoms with Gasteiger partial charge in [0.2, 0.25) is 5.91 Å². The largest absolute Gasteiger partial charge is 0.313 e. The molecule has 0 aliphatic carbocycles. The van der Waals surface area contributed by atoms with Crippen LogP contribution in [0.4, 0.5) is 11.4 Å². The van der Waals surface area contributed by atoms with Gasteiger partial charge in [-0.25, -0.2) is 0 Å². The normalized spacial score (nSPS) is 20.1. The molecule has 2 aromatic rings. The lowest BCUT2D eigenvalue weighted by Crippen LogP contribution is -2.37. The highest BCUT2D eigenvalue weighted by Crippen LogP contribution is 2.34. The highest BCUT2D eigenvalue weighted by atomic mass is 16.2. The molecule has 2 aliphatic rings. The van der Waals surface area contributed by atoms with Gasteiger partial charge in [0, 0.05) is 20.1 Å². The monoisotopic (exact) mass is 338 g/mol. The minimum absolute atomic E-state index is 0.0276. The lowest BCUT2D eigenvalue weighted by Gasteiger charge is -2.24. The van der Waals surface area contributed by atoms with Crippen molar-refractivity contribution in [3.8, 4) is 0 Å². The van der Waals surface area contributed by atoms with E-state index in [2.05, 4.69) is 5.10 Å². The molecule has 0 spiro atoms. The molecule has 0 radical (unpaired) electrons. The molecule has 6 nitrogen and oxygen atoms in total. The third-order valence-corrected chi connectivity index (χ3v) is 5.20. The number of benzene rings is 1. The van der Waals surface area contributed by atoms with Crippen LogP contribution in [-0.4, -0.2) is 35.2 Å². The van der Waals surface area contributed by atoms with Crippen molar-refractivity contribution in [2.45, 2.75) is 32.7 Å². The van der Waals surface area contributed by atoms with Gasteiger partial charge < -0.3 is 9.80 Å². The molecule has 1 atom stereocenters. The molecule has 2 amide bonds. The van der Waals surface area contributed by atoms with E-state index in [0.717, 1.165) is 42.9 Å². The summed E-state index contributed by atoms with van der Waals surface area (Å²) in [6.45, 7) is 3.12. The molecule has 25 heavy (non-hydrogen) atoms. The minimum atomic E-state index is -0.257. The van der Waals surface area contributed by atoms with Gasteiger partial charge in [-0.15, -0.1) is 0 Å². The van der Waals surface area contributed by atoms with Crippen LogP contribution in [0.25, 0.3) is 0 Å². The lowest BCUT2D eigenvalue weighted by atomic mass is 10.0. The van der Waals surface area contributed by atoms with Gasteiger partial charge in [-0.05, 0) is 31.4 Å². The average Bonchev–Trinajstić information content (AvgIpc) is 3.04. The second-order valence-electron chi connectivity index (χ2n) is 6.89. The zero-order valence-electron chi connectivity index (χ0n) is 14.6. The average molecular weight is 338 g/mol. The Morgan fingerprint density at radius 1 is 1.20 bits per heavy atom. The van der Waals surface area contributed by atoms with E-state index in [1.54, 1.807) is 23.0 Å². The van der Waals surface area contributed by atoms with Gasteiger partial charge in [-0.1, -0.05) is 19.1 Å². The second kappa shape index (κ2) is 6.02. The molecule has 0 saturated carbocycles. The van der Waals surface area contributed by atoms with Gasteiger partial charge in [0.05, 0.1) is 34.7 Å². The van der Waals surface area contributed by atoms with Gasteiger partial charge in [0.1, 0.15) is 0 Å². The first-order chi connectivity index (χ1) is 12.1. The van der Waals surface area contributed by atoms with E-state index in [1.807, 2.05) is 35.9 Å². The number of anilines is 2. The van der Waals surface area contributed by atoms with Crippen LogP contribution in [0.1, 0.15) is 35.8 Å². The predicted octanol–water partition coefficient (Wildman–Crippen LogP) is 2.48. The number of aromatic nitrogens is 2. The first-order valence-corrected chi connectivity index (χ1v) is 8.81. The maximum Gasteiger partial charge on any atom is 0.261 e.